The minimum Gasteiger partial charge on any atom is -0.352 e. The van der Waals surface area contributed by atoms with Crippen molar-refractivity contribution in [3.8, 4) is 0 Å². The third kappa shape index (κ3) is 4.62. The number of carbonyl (C=O) groups excluding carboxylic acids is 1. The maximum Gasteiger partial charge on any atom is 0.220 e. The number of carbonyl (C=O) groups is 1. The Kier molecular flexibility index (Phi) is 5.40. The van der Waals surface area contributed by atoms with Crippen molar-refractivity contribution in [2.24, 2.45) is 0 Å². The van der Waals surface area contributed by atoms with Gasteiger partial charge in [0.05, 0.1) is 0 Å². The Bertz CT molecular complexity index is 419. The van der Waals surface area contributed by atoms with E-state index >= 15 is 0 Å². The molecule has 0 spiro atoms. The molecule has 0 aromatic heterocycles. The SMILES string of the molecule is CC1NCCCC1NC(=O)CCc1ccc(Br)cc1. The fourth-order valence-electron chi connectivity index (χ4n) is 2.43. The Morgan fingerprint density at radius 2 is 2.16 bits per heavy atom. The summed E-state index contributed by atoms with van der Waals surface area (Å²) < 4.78 is 1.07. The maximum absolute atomic E-state index is 11.9. The van der Waals surface area contributed by atoms with Crippen LogP contribution in [-0.2, 0) is 11.2 Å². The third-order valence-electron chi connectivity index (χ3n) is 3.66. The van der Waals surface area contributed by atoms with E-state index < -0.39 is 0 Å². The van der Waals surface area contributed by atoms with Crippen LogP contribution in [0.25, 0.3) is 0 Å². The molecule has 0 saturated carbocycles. The summed E-state index contributed by atoms with van der Waals surface area (Å²) in [6.45, 7) is 3.20. The Labute approximate surface area is 123 Å². The number of halogens is 1. The second kappa shape index (κ2) is 7.06. The van der Waals surface area contributed by atoms with Gasteiger partial charge in [-0.15, -0.1) is 0 Å². The molecule has 2 unspecified atom stereocenters. The maximum atomic E-state index is 11.9. The largest absolute Gasteiger partial charge is 0.352 e. The van der Waals surface area contributed by atoms with E-state index in [1.165, 1.54) is 5.56 Å². The third-order valence-corrected chi connectivity index (χ3v) is 4.19. The molecule has 1 aliphatic rings. The highest BCUT2D eigenvalue weighted by atomic mass is 79.9. The number of piperidine rings is 1. The minimum atomic E-state index is 0.156. The molecule has 19 heavy (non-hydrogen) atoms. The minimum absolute atomic E-state index is 0.156. The zero-order valence-electron chi connectivity index (χ0n) is 11.3. The van der Waals surface area contributed by atoms with Crippen molar-refractivity contribution < 1.29 is 4.79 Å². The van der Waals surface area contributed by atoms with Crippen LogP contribution < -0.4 is 10.6 Å². The van der Waals surface area contributed by atoms with Crippen LogP contribution in [0.3, 0.4) is 0 Å². The van der Waals surface area contributed by atoms with E-state index in [2.05, 4.69) is 45.6 Å². The highest BCUT2D eigenvalue weighted by Crippen LogP contribution is 2.12. The second-order valence-corrected chi connectivity index (χ2v) is 6.10. The van der Waals surface area contributed by atoms with E-state index in [9.17, 15) is 4.79 Å². The van der Waals surface area contributed by atoms with E-state index in [4.69, 9.17) is 0 Å². The van der Waals surface area contributed by atoms with Crippen molar-refractivity contribution >= 4 is 21.8 Å². The smallest absolute Gasteiger partial charge is 0.220 e. The van der Waals surface area contributed by atoms with Gasteiger partial charge in [-0.3, -0.25) is 4.79 Å². The Hall–Kier alpha value is -0.870. The fourth-order valence-corrected chi connectivity index (χ4v) is 2.69. The molecule has 0 bridgehead atoms. The number of benzene rings is 1. The van der Waals surface area contributed by atoms with Gasteiger partial charge in [-0.25, -0.2) is 0 Å². The molecule has 2 rings (SSSR count). The molecule has 1 aromatic rings. The molecule has 1 aromatic carbocycles. The molecule has 1 aliphatic heterocycles. The lowest BCUT2D eigenvalue weighted by Crippen LogP contribution is -2.51. The van der Waals surface area contributed by atoms with Crippen LogP contribution in [0.1, 0.15) is 31.7 Å². The van der Waals surface area contributed by atoms with Gasteiger partial charge in [-0.2, -0.15) is 0 Å². The normalized spacial score (nSPS) is 23.1. The summed E-state index contributed by atoms with van der Waals surface area (Å²) in [7, 11) is 0. The predicted octanol–water partition coefficient (Wildman–Crippen LogP) is 2.64. The van der Waals surface area contributed by atoms with Gasteiger partial charge in [0.2, 0.25) is 5.91 Å². The van der Waals surface area contributed by atoms with Crippen molar-refractivity contribution in [2.75, 3.05) is 6.54 Å². The van der Waals surface area contributed by atoms with Crippen molar-refractivity contribution in [1.29, 1.82) is 0 Å². The van der Waals surface area contributed by atoms with E-state index in [1.54, 1.807) is 0 Å². The average molecular weight is 325 g/mol. The molecule has 2 atom stereocenters. The Balaban J connectivity index is 1.76. The highest BCUT2D eigenvalue weighted by molar-refractivity contribution is 9.10. The van der Waals surface area contributed by atoms with Gasteiger partial charge in [-0.05, 0) is 50.4 Å². The first kappa shape index (κ1) is 14.5. The lowest BCUT2D eigenvalue weighted by Gasteiger charge is -2.30. The lowest BCUT2D eigenvalue weighted by atomic mass is 9.99. The quantitative estimate of drug-likeness (QED) is 0.894. The number of hydrogen-bond acceptors (Lipinski definition) is 2. The van der Waals surface area contributed by atoms with Crippen molar-refractivity contribution in [3.63, 3.8) is 0 Å². The zero-order valence-corrected chi connectivity index (χ0v) is 12.9. The molecular weight excluding hydrogens is 304 g/mol. The molecule has 1 amide bonds. The van der Waals surface area contributed by atoms with Crippen molar-refractivity contribution in [3.05, 3.63) is 34.3 Å². The topological polar surface area (TPSA) is 41.1 Å². The lowest BCUT2D eigenvalue weighted by molar-refractivity contribution is -0.122. The first-order valence-electron chi connectivity index (χ1n) is 6.92. The van der Waals surface area contributed by atoms with Gasteiger partial charge < -0.3 is 10.6 Å². The summed E-state index contributed by atoms with van der Waals surface area (Å²) in [5, 5.41) is 6.54. The second-order valence-electron chi connectivity index (χ2n) is 5.19. The molecule has 2 N–H and O–H groups in total. The van der Waals surface area contributed by atoms with E-state index in [1.807, 2.05) is 12.1 Å². The van der Waals surface area contributed by atoms with Crippen LogP contribution in [0.2, 0.25) is 0 Å². The van der Waals surface area contributed by atoms with Crippen LogP contribution >= 0.6 is 15.9 Å². The van der Waals surface area contributed by atoms with E-state index in [0.717, 1.165) is 30.3 Å². The average Bonchev–Trinajstić information content (AvgIpc) is 2.41. The number of nitrogens with one attached hydrogen (secondary N) is 2. The van der Waals surface area contributed by atoms with Crippen LogP contribution in [0.4, 0.5) is 0 Å². The van der Waals surface area contributed by atoms with Crippen molar-refractivity contribution in [1.82, 2.24) is 10.6 Å². The molecule has 3 nitrogen and oxygen atoms in total. The first-order valence-corrected chi connectivity index (χ1v) is 7.71. The van der Waals surface area contributed by atoms with Gasteiger partial charge in [0.25, 0.3) is 0 Å². The van der Waals surface area contributed by atoms with Crippen molar-refractivity contribution in [2.45, 2.75) is 44.7 Å². The monoisotopic (exact) mass is 324 g/mol. The standard InChI is InChI=1S/C15H21BrN2O/c1-11-14(3-2-10-17-11)18-15(19)9-6-12-4-7-13(16)8-5-12/h4-5,7-8,11,14,17H,2-3,6,9-10H2,1H3,(H,18,19). The zero-order chi connectivity index (χ0) is 13.7. The number of amides is 1. The molecule has 104 valence electrons. The number of hydrogen-bond donors (Lipinski definition) is 2. The summed E-state index contributed by atoms with van der Waals surface area (Å²) in [4.78, 5) is 11.9. The molecule has 1 heterocycles. The molecule has 4 heteroatoms. The fraction of sp³-hybridized carbons (Fsp3) is 0.533. The summed E-state index contributed by atoms with van der Waals surface area (Å²) >= 11 is 3.41. The summed E-state index contributed by atoms with van der Waals surface area (Å²) in [6, 6.07) is 8.81. The Morgan fingerprint density at radius 3 is 2.84 bits per heavy atom. The van der Waals surface area contributed by atoms with Gasteiger partial charge >= 0.3 is 0 Å². The van der Waals surface area contributed by atoms with E-state index in [0.29, 0.717) is 12.5 Å². The summed E-state index contributed by atoms with van der Waals surface area (Å²) in [6.07, 6.45) is 3.58. The summed E-state index contributed by atoms with van der Waals surface area (Å²) in [5.74, 6) is 0.156. The molecule has 1 saturated heterocycles. The van der Waals surface area contributed by atoms with Gasteiger partial charge in [0.15, 0.2) is 0 Å². The first-order chi connectivity index (χ1) is 9.15. The van der Waals surface area contributed by atoms with Crippen LogP contribution in [-0.4, -0.2) is 24.5 Å². The van der Waals surface area contributed by atoms with Crippen LogP contribution in [0.15, 0.2) is 28.7 Å². The number of rotatable bonds is 4. The molecular formula is C15H21BrN2O. The highest BCUT2D eigenvalue weighted by Gasteiger charge is 2.21. The van der Waals surface area contributed by atoms with Gasteiger partial charge in [-0.1, -0.05) is 28.1 Å². The van der Waals surface area contributed by atoms with Crippen LogP contribution in [0, 0.1) is 0 Å². The van der Waals surface area contributed by atoms with Crippen LogP contribution in [0.5, 0.6) is 0 Å². The predicted molar refractivity (Wildman–Crippen MR) is 81.1 cm³/mol. The van der Waals surface area contributed by atoms with Gasteiger partial charge in [0.1, 0.15) is 0 Å². The molecule has 1 fully saturated rings. The molecule has 0 radical (unpaired) electrons. The number of aryl methyl sites for hydroxylation is 1. The Morgan fingerprint density at radius 1 is 1.42 bits per heavy atom. The van der Waals surface area contributed by atoms with E-state index in [-0.39, 0.29) is 11.9 Å². The van der Waals surface area contributed by atoms with Gasteiger partial charge in [0, 0.05) is 23.0 Å². The summed E-state index contributed by atoms with van der Waals surface area (Å²) in [5.41, 5.74) is 1.20. The molecule has 0 aliphatic carbocycles.